The van der Waals surface area contributed by atoms with Gasteiger partial charge in [0.2, 0.25) is 0 Å². The molecule has 4 rings (SSSR count). The SMILES string of the molecule is c1ccc(-c2cn3c(n2)-c2ccccc2OCC3)nc1. The fourth-order valence-corrected chi connectivity index (χ4v) is 2.47. The first-order chi connectivity index (χ1) is 9.92. The highest BCUT2D eigenvalue weighted by molar-refractivity contribution is 5.68. The third-order valence-electron chi connectivity index (χ3n) is 3.42. The van der Waals surface area contributed by atoms with Gasteiger partial charge in [-0.3, -0.25) is 4.98 Å². The minimum atomic E-state index is 0.655. The summed E-state index contributed by atoms with van der Waals surface area (Å²) in [4.78, 5) is 9.11. The second-order valence-corrected chi connectivity index (χ2v) is 4.70. The molecule has 0 saturated carbocycles. The zero-order valence-corrected chi connectivity index (χ0v) is 10.9. The first-order valence-electron chi connectivity index (χ1n) is 6.62. The van der Waals surface area contributed by atoms with Crippen molar-refractivity contribution in [2.24, 2.45) is 0 Å². The highest BCUT2D eigenvalue weighted by Gasteiger charge is 2.18. The summed E-state index contributed by atoms with van der Waals surface area (Å²) in [6, 6.07) is 13.9. The maximum absolute atomic E-state index is 5.76. The van der Waals surface area contributed by atoms with Crippen molar-refractivity contribution in [3.8, 4) is 28.5 Å². The van der Waals surface area contributed by atoms with Gasteiger partial charge in [-0.15, -0.1) is 0 Å². The average Bonchev–Trinajstić information content (AvgIpc) is 2.85. The van der Waals surface area contributed by atoms with Crippen molar-refractivity contribution >= 4 is 0 Å². The summed E-state index contributed by atoms with van der Waals surface area (Å²) in [7, 11) is 0. The predicted molar refractivity (Wildman–Crippen MR) is 76.4 cm³/mol. The lowest BCUT2D eigenvalue weighted by Crippen LogP contribution is -2.04. The van der Waals surface area contributed by atoms with Crippen LogP contribution in [-0.2, 0) is 6.54 Å². The average molecular weight is 263 g/mol. The lowest BCUT2D eigenvalue weighted by Gasteiger charge is -2.04. The molecular formula is C16H13N3O. The van der Waals surface area contributed by atoms with Gasteiger partial charge in [0.15, 0.2) is 0 Å². The van der Waals surface area contributed by atoms with Crippen LogP contribution in [0.15, 0.2) is 54.9 Å². The first kappa shape index (κ1) is 11.2. The molecule has 0 bridgehead atoms. The Balaban J connectivity index is 1.88. The summed E-state index contributed by atoms with van der Waals surface area (Å²) in [6.07, 6.45) is 3.83. The summed E-state index contributed by atoms with van der Waals surface area (Å²) in [5, 5.41) is 0. The molecule has 4 heteroatoms. The van der Waals surface area contributed by atoms with E-state index >= 15 is 0 Å². The third kappa shape index (κ3) is 1.77. The van der Waals surface area contributed by atoms with Crippen LogP contribution >= 0.6 is 0 Å². The van der Waals surface area contributed by atoms with Crippen LogP contribution in [-0.4, -0.2) is 21.1 Å². The van der Waals surface area contributed by atoms with Crippen LogP contribution in [0.25, 0.3) is 22.8 Å². The zero-order valence-electron chi connectivity index (χ0n) is 10.9. The van der Waals surface area contributed by atoms with Gasteiger partial charge in [-0.05, 0) is 24.3 Å². The zero-order chi connectivity index (χ0) is 13.4. The number of ether oxygens (including phenoxy) is 1. The summed E-state index contributed by atoms with van der Waals surface area (Å²) in [5.74, 6) is 1.84. The van der Waals surface area contributed by atoms with Crippen molar-refractivity contribution in [1.29, 1.82) is 0 Å². The number of hydrogen-bond donors (Lipinski definition) is 0. The molecule has 2 aromatic heterocycles. The Kier molecular flexibility index (Phi) is 2.52. The molecule has 20 heavy (non-hydrogen) atoms. The second-order valence-electron chi connectivity index (χ2n) is 4.70. The normalized spacial score (nSPS) is 13.0. The number of benzene rings is 1. The molecule has 98 valence electrons. The number of hydrogen-bond acceptors (Lipinski definition) is 3. The maximum Gasteiger partial charge on any atom is 0.144 e. The van der Waals surface area contributed by atoms with Gasteiger partial charge >= 0.3 is 0 Å². The van der Waals surface area contributed by atoms with Gasteiger partial charge in [-0.25, -0.2) is 4.98 Å². The van der Waals surface area contributed by atoms with Gasteiger partial charge in [0.1, 0.15) is 23.9 Å². The maximum atomic E-state index is 5.76. The fraction of sp³-hybridized carbons (Fsp3) is 0.125. The molecule has 1 aromatic carbocycles. The first-order valence-corrected chi connectivity index (χ1v) is 6.62. The van der Waals surface area contributed by atoms with Crippen LogP contribution in [0.2, 0.25) is 0 Å². The number of pyridine rings is 1. The number of nitrogens with zero attached hydrogens (tertiary/aromatic N) is 3. The molecule has 0 N–H and O–H groups in total. The van der Waals surface area contributed by atoms with Crippen molar-refractivity contribution in [2.45, 2.75) is 6.54 Å². The molecule has 0 saturated heterocycles. The summed E-state index contributed by atoms with van der Waals surface area (Å²) < 4.78 is 7.89. The van der Waals surface area contributed by atoms with Gasteiger partial charge in [-0.2, -0.15) is 0 Å². The largest absolute Gasteiger partial charge is 0.491 e. The number of para-hydroxylation sites is 1. The highest BCUT2D eigenvalue weighted by atomic mass is 16.5. The van der Waals surface area contributed by atoms with Crippen molar-refractivity contribution in [2.75, 3.05) is 6.61 Å². The van der Waals surface area contributed by atoms with Crippen LogP contribution in [0, 0.1) is 0 Å². The molecule has 0 fully saturated rings. The Morgan fingerprint density at radius 1 is 1.00 bits per heavy atom. The molecule has 0 spiro atoms. The van der Waals surface area contributed by atoms with E-state index in [0.29, 0.717) is 6.61 Å². The summed E-state index contributed by atoms with van der Waals surface area (Å²) in [5.41, 5.74) is 2.83. The van der Waals surface area contributed by atoms with Gasteiger partial charge in [-0.1, -0.05) is 18.2 Å². The van der Waals surface area contributed by atoms with Crippen LogP contribution in [0.3, 0.4) is 0 Å². The molecule has 3 aromatic rings. The van der Waals surface area contributed by atoms with E-state index in [1.807, 2.05) is 48.7 Å². The Morgan fingerprint density at radius 3 is 2.80 bits per heavy atom. The standard InChI is InChI=1S/C16H13N3O/c1-2-7-15-12(5-1)16-18-14(11-19(16)9-10-20-15)13-6-3-4-8-17-13/h1-8,11H,9-10H2. The van der Waals surface area contributed by atoms with E-state index in [9.17, 15) is 0 Å². The molecule has 0 amide bonds. The van der Waals surface area contributed by atoms with Crippen LogP contribution < -0.4 is 4.74 Å². The van der Waals surface area contributed by atoms with E-state index in [1.165, 1.54) is 0 Å². The van der Waals surface area contributed by atoms with Crippen molar-refractivity contribution < 1.29 is 4.74 Å². The molecule has 3 heterocycles. The minimum Gasteiger partial charge on any atom is -0.491 e. The predicted octanol–water partition coefficient (Wildman–Crippen LogP) is 3.00. The van der Waals surface area contributed by atoms with Crippen molar-refractivity contribution in [3.05, 3.63) is 54.9 Å². The summed E-state index contributed by atoms with van der Waals surface area (Å²) in [6.45, 7) is 1.45. The monoisotopic (exact) mass is 263 g/mol. The quantitative estimate of drug-likeness (QED) is 0.677. The van der Waals surface area contributed by atoms with Crippen molar-refractivity contribution in [3.63, 3.8) is 0 Å². The van der Waals surface area contributed by atoms with E-state index in [2.05, 4.69) is 9.55 Å². The molecule has 0 unspecified atom stereocenters. The molecule has 0 atom stereocenters. The number of rotatable bonds is 1. The Bertz CT molecular complexity index is 749. The highest BCUT2D eigenvalue weighted by Crippen LogP contribution is 2.32. The van der Waals surface area contributed by atoms with Crippen molar-refractivity contribution in [1.82, 2.24) is 14.5 Å². The van der Waals surface area contributed by atoms with Crippen LogP contribution in [0.5, 0.6) is 5.75 Å². The molecule has 0 radical (unpaired) electrons. The Morgan fingerprint density at radius 2 is 1.90 bits per heavy atom. The van der Waals surface area contributed by atoms with E-state index in [-0.39, 0.29) is 0 Å². The lowest BCUT2D eigenvalue weighted by atomic mass is 10.2. The number of aromatic nitrogens is 3. The van der Waals surface area contributed by atoms with Gasteiger partial charge in [0.05, 0.1) is 17.8 Å². The minimum absolute atomic E-state index is 0.655. The molecular weight excluding hydrogens is 250 g/mol. The molecule has 1 aliphatic rings. The van der Waals surface area contributed by atoms with Crippen LogP contribution in [0.1, 0.15) is 0 Å². The topological polar surface area (TPSA) is 39.9 Å². The fourth-order valence-electron chi connectivity index (χ4n) is 2.47. The Hall–Kier alpha value is -2.62. The third-order valence-corrected chi connectivity index (χ3v) is 3.42. The van der Waals surface area contributed by atoms with Gasteiger partial charge in [0.25, 0.3) is 0 Å². The number of imidazole rings is 1. The molecule has 0 aliphatic carbocycles. The van der Waals surface area contributed by atoms with Gasteiger partial charge in [0, 0.05) is 12.4 Å². The van der Waals surface area contributed by atoms with E-state index < -0.39 is 0 Å². The summed E-state index contributed by atoms with van der Waals surface area (Å²) >= 11 is 0. The van der Waals surface area contributed by atoms with E-state index in [1.54, 1.807) is 6.20 Å². The van der Waals surface area contributed by atoms with E-state index in [0.717, 1.165) is 35.1 Å². The van der Waals surface area contributed by atoms with Gasteiger partial charge < -0.3 is 9.30 Å². The smallest absolute Gasteiger partial charge is 0.144 e. The van der Waals surface area contributed by atoms with E-state index in [4.69, 9.17) is 9.72 Å². The lowest BCUT2D eigenvalue weighted by molar-refractivity contribution is 0.306. The molecule has 1 aliphatic heterocycles. The second kappa shape index (κ2) is 4.49. The Labute approximate surface area is 116 Å². The van der Waals surface area contributed by atoms with Crippen LogP contribution in [0.4, 0.5) is 0 Å². The number of fused-ring (bicyclic) bond motifs is 3. The molecule has 4 nitrogen and oxygen atoms in total.